The van der Waals surface area contributed by atoms with E-state index in [1.165, 1.54) is 23.5 Å². The molecule has 0 atom stereocenters. The van der Waals surface area contributed by atoms with E-state index in [9.17, 15) is 10.1 Å². The Morgan fingerprint density at radius 1 is 1.56 bits per heavy atom. The third-order valence-electron chi connectivity index (χ3n) is 2.19. The number of nitrogens with one attached hydrogen (secondary N) is 1. The van der Waals surface area contributed by atoms with Crippen molar-refractivity contribution in [1.29, 1.82) is 5.26 Å². The molecule has 2 aromatic rings. The van der Waals surface area contributed by atoms with Crippen LogP contribution < -0.4 is 5.32 Å². The lowest BCUT2D eigenvalue weighted by atomic mass is 10.2. The highest BCUT2D eigenvalue weighted by atomic mass is 32.1. The van der Waals surface area contributed by atoms with Crippen molar-refractivity contribution in [3.05, 3.63) is 45.0 Å². The number of anilines is 2. The average Bonchev–Trinajstić information content (AvgIpc) is 2.74. The number of nitriles is 1. The van der Waals surface area contributed by atoms with Gasteiger partial charge in [0.05, 0.1) is 4.92 Å². The van der Waals surface area contributed by atoms with Crippen LogP contribution in [0.15, 0.2) is 24.4 Å². The first-order valence-electron chi connectivity index (χ1n) is 4.98. The van der Waals surface area contributed by atoms with E-state index < -0.39 is 4.92 Å². The molecule has 0 unspecified atom stereocenters. The van der Waals surface area contributed by atoms with Crippen LogP contribution in [-0.4, -0.2) is 9.91 Å². The van der Waals surface area contributed by atoms with Gasteiger partial charge < -0.3 is 5.32 Å². The molecule has 90 valence electrons. The first-order valence-corrected chi connectivity index (χ1v) is 5.80. The SMILES string of the molecule is Cc1cnc(Nc2ccc(C#N)c([N+](=O)[O-])c2)s1. The van der Waals surface area contributed by atoms with Crippen molar-refractivity contribution in [2.45, 2.75) is 6.92 Å². The van der Waals surface area contributed by atoms with Crippen LogP contribution in [-0.2, 0) is 0 Å². The molecule has 0 aliphatic carbocycles. The number of aromatic nitrogens is 1. The predicted molar refractivity (Wildman–Crippen MR) is 67.9 cm³/mol. The van der Waals surface area contributed by atoms with Gasteiger partial charge in [-0.25, -0.2) is 4.98 Å². The van der Waals surface area contributed by atoms with Gasteiger partial charge in [-0.05, 0) is 19.1 Å². The molecule has 7 heteroatoms. The van der Waals surface area contributed by atoms with Crippen LogP contribution in [0, 0.1) is 28.4 Å². The Morgan fingerprint density at radius 3 is 2.89 bits per heavy atom. The molecular weight excluding hydrogens is 252 g/mol. The molecule has 1 aromatic carbocycles. The van der Waals surface area contributed by atoms with E-state index in [4.69, 9.17) is 5.26 Å². The lowest BCUT2D eigenvalue weighted by Crippen LogP contribution is -1.95. The molecule has 1 heterocycles. The molecule has 0 fully saturated rings. The number of aryl methyl sites for hydroxylation is 1. The van der Waals surface area contributed by atoms with Gasteiger partial charge >= 0.3 is 0 Å². The van der Waals surface area contributed by atoms with Gasteiger partial charge in [-0.3, -0.25) is 10.1 Å². The maximum absolute atomic E-state index is 10.8. The van der Waals surface area contributed by atoms with Gasteiger partial charge in [0.25, 0.3) is 5.69 Å². The zero-order valence-corrected chi connectivity index (χ0v) is 10.2. The molecule has 6 nitrogen and oxygen atoms in total. The summed E-state index contributed by atoms with van der Waals surface area (Å²) in [4.78, 5) is 15.4. The van der Waals surface area contributed by atoms with E-state index in [1.54, 1.807) is 18.3 Å². The first-order chi connectivity index (χ1) is 8.60. The van der Waals surface area contributed by atoms with E-state index >= 15 is 0 Å². The largest absolute Gasteiger partial charge is 0.331 e. The van der Waals surface area contributed by atoms with Crippen LogP contribution in [0.1, 0.15) is 10.4 Å². The Bertz CT molecular complexity index is 645. The predicted octanol–water partition coefficient (Wildman–Crippen LogP) is 2.98. The fraction of sp³-hybridized carbons (Fsp3) is 0.0909. The third kappa shape index (κ3) is 2.44. The van der Waals surface area contributed by atoms with Gasteiger partial charge in [-0.15, -0.1) is 11.3 Å². The highest BCUT2D eigenvalue weighted by Gasteiger charge is 2.14. The highest BCUT2D eigenvalue weighted by Crippen LogP contribution is 2.26. The number of hydrogen-bond acceptors (Lipinski definition) is 6. The number of thiazole rings is 1. The van der Waals surface area contributed by atoms with Crippen LogP contribution >= 0.6 is 11.3 Å². The summed E-state index contributed by atoms with van der Waals surface area (Å²) in [6.45, 7) is 1.92. The fourth-order valence-electron chi connectivity index (χ4n) is 1.39. The van der Waals surface area contributed by atoms with E-state index in [-0.39, 0.29) is 11.3 Å². The average molecular weight is 260 g/mol. The van der Waals surface area contributed by atoms with Crippen molar-refractivity contribution in [1.82, 2.24) is 4.98 Å². The van der Waals surface area contributed by atoms with E-state index in [0.29, 0.717) is 10.8 Å². The second kappa shape index (κ2) is 4.81. The van der Waals surface area contributed by atoms with Gasteiger partial charge in [-0.2, -0.15) is 5.26 Å². The first kappa shape index (κ1) is 12.0. The summed E-state index contributed by atoms with van der Waals surface area (Å²) in [6.07, 6.45) is 1.71. The van der Waals surface area contributed by atoms with Crippen molar-refractivity contribution in [2.24, 2.45) is 0 Å². The van der Waals surface area contributed by atoms with Crippen molar-refractivity contribution < 1.29 is 4.92 Å². The van der Waals surface area contributed by atoms with Gasteiger partial charge in [0.2, 0.25) is 0 Å². The summed E-state index contributed by atoms with van der Waals surface area (Å²) < 4.78 is 0. The Morgan fingerprint density at radius 2 is 2.33 bits per heavy atom. The summed E-state index contributed by atoms with van der Waals surface area (Å²) in [5.41, 5.74) is 0.367. The summed E-state index contributed by atoms with van der Waals surface area (Å²) in [7, 11) is 0. The molecule has 18 heavy (non-hydrogen) atoms. The maximum atomic E-state index is 10.8. The minimum atomic E-state index is -0.573. The standard InChI is InChI=1S/C11H8N4O2S/c1-7-6-13-11(18-7)14-9-3-2-8(5-12)10(4-9)15(16)17/h2-4,6H,1H3,(H,13,14). The Labute approximate surface area is 107 Å². The molecule has 0 radical (unpaired) electrons. The molecule has 0 amide bonds. The van der Waals surface area contributed by atoms with Gasteiger partial charge in [0, 0.05) is 22.8 Å². The smallest absolute Gasteiger partial charge is 0.289 e. The molecule has 2 rings (SSSR count). The van der Waals surface area contributed by atoms with Crippen molar-refractivity contribution in [3.8, 4) is 6.07 Å². The number of nitrogens with zero attached hydrogens (tertiary/aromatic N) is 3. The lowest BCUT2D eigenvalue weighted by Gasteiger charge is -2.02. The number of rotatable bonds is 3. The molecule has 0 spiro atoms. The fourth-order valence-corrected chi connectivity index (χ4v) is 2.08. The Kier molecular flexibility index (Phi) is 3.21. The van der Waals surface area contributed by atoms with E-state index in [1.807, 2.05) is 6.92 Å². The van der Waals surface area contributed by atoms with Crippen molar-refractivity contribution in [2.75, 3.05) is 5.32 Å². The minimum absolute atomic E-state index is 0.0425. The molecule has 1 aromatic heterocycles. The van der Waals surface area contributed by atoms with Gasteiger partial charge in [0.15, 0.2) is 5.13 Å². The summed E-state index contributed by atoms with van der Waals surface area (Å²) in [5.74, 6) is 0. The molecule has 0 bridgehead atoms. The van der Waals surface area contributed by atoms with Crippen LogP contribution in [0.4, 0.5) is 16.5 Å². The van der Waals surface area contributed by atoms with Crippen LogP contribution in [0.2, 0.25) is 0 Å². The number of benzene rings is 1. The Balaban J connectivity index is 2.33. The molecule has 0 saturated carbocycles. The monoisotopic (exact) mass is 260 g/mol. The molecule has 1 N–H and O–H groups in total. The normalized spacial score (nSPS) is 9.78. The topological polar surface area (TPSA) is 91.8 Å². The Hall–Kier alpha value is -2.46. The van der Waals surface area contributed by atoms with Crippen LogP contribution in [0.3, 0.4) is 0 Å². The number of nitro groups is 1. The van der Waals surface area contributed by atoms with Crippen molar-refractivity contribution in [3.63, 3.8) is 0 Å². The minimum Gasteiger partial charge on any atom is -0.331 e. The molecule has 0 saturated heterocycles. The highest BCUT2D eigenvalue weighted by molar-refractivity contribution is 7.15. The molecule has 0 aliphatic rings. The lowest BCUT2D eigenvalue weighted by molar-refractivity contribution is -0.385. The van der Waals surface area contributed by atoms with Crippen LogP contribution in [0.5, 0.6) is 0 Å². The van der Waals surface area contributed by atoms with E-state index in [0.717, 1.165) is 4.88 Å². The second-order valence-electron chi connectivity index (χ2n) is 3.50. The van der Waals surface area contributed by atoms with E-state index in [2.05, 4.69) is 10.3 Å². The zero-order chi connectivity index (χ0) is 13.1. The second-order valence-corrected chi connectivity index (χ2v) is 4.74. The maximum Gasteiger partial charge on any atom is 0.289 e. The summed E-state index contributed by atoms with van der Waals surface area (Å²) in [6, 6.07) is 6.15. The number of hydrogen-bond donors (Lipinski definition) is 1. The third-order valence-corrected chi connectivity index (χ3v) is 3.02. The molecule has 0 aliphatic heterocycles. The van der Waals surface area contributed by atoms with Gasteiger partial charge in [0.1, 0.15) is 11.6 Å². The molecular formula is C11H8N4O2S. The van der Waals surface area contributed by atoms with Crippen LogP contribution in [0.25, 0.3) is 0 Å². The summed E-state index contributed by atoms with van der Waals surface area (Å²) >= 11 is 1.45. The van der Waals surface area contributed by atoms with Crippen molar-refractivity contribution >= 4 is 27.8 Å². The summed E-state index contributed by atoms with van der Waals surface area (Å²) in [5, 5.41) is 23.2. The quantitative estimate of drug-likeness (QED) is 0.676. The zero-order valence-electron chi connectivity index (χ0n) is 9.38. The number of nitro benzene ring substituents is 1. The van der Waals surface area contributed by atoms with Gasteiger partial charge in [-0.1, -0.05) is 0 Å².